The van der Waals surface area contributed by atoms with Crippen molar-refractivity contribution in [3.8, 4) is 0 Å². The van der Waals surface area contributed by atoms with Crippen molar-refractivity contribution >= 4 is 0 Å². The van der Waals surface area contributed by atoms with E-state index in [1.807, 2.05) is 83.1 Å². The Bertz CT molecular complexity index is 491. The van der Waals surface area contributed by atoms with Crippen LogP contribution in [0.5, 0.6) is 0 Å². The lowest BCUT2D eigenvalue weighted by molar-refractivity contribution is -0.241. The maximum absolute atomic E-state index is 10.1. The minimum Gasteiger partial charge on any atom is -0.396 e. The monoisotopic (exact) mass is 418 g/mol. The molecule has 0 aromatic carbocycles. The van der Waals surface area contributed by atoms with E-state index in [-0.39, 0.29) is 18.1 Å². The van der Waals surface area contributed by atoms with Gasteiger partial charge in [0.05, 0.1) is 41.7 Å². The molecule has 29 heavy (non-hydrogen) atoms. The molecule has 1 N–H and O–H groups in total. The Morgan fingerprint density at radius 2 is 1.14 bits per heavy atom. The van der Waals surface area contributed by atoms with Gasteiger partial charge < -0.3 is 28.8 Å². The minimum atomic E-state index is -0.602. The molecule has 1 unspecified atom stereocenters. The Morgan fingerprint density at radius 3 is 1.52 bits per heavy atom. The highest BCUT2D eigenvalue weighted by molar-refractivity contribution is 4.96. The Kier molecular flexibility index (Phi) is 8.77. The van der Waals surface area contributed by atoms with Crippen molar-refractivity contribution in [2.24, 2.45) is 5.92 Å². The van der Waals surface area contributed by atoms with Crippen LogP contribution in [0.15, 0.2) is 0 Å². The van der Waals surface area contributed by atoms with E-state index >= 15 is 0 Å². The Hall–Kier alpha value is -0.240. The molecule has 0 aromatic heterocycles. The van der Waals surface area contributed by atoms with Gasteiger partial charge in [0.1, 0.15) is 12.2 Å². The zero-order valence-corrected chi connectivity index (χ0v) is 20.8. The van der Waals surface area contributed by atoms with E-state index in [1.165, 1.54) is 0 Å². The van der Waals surface area contributed by atoms with Gasteiger partial charge in [0.15, 0.2) is 6.29 Å². The molecule has 0 radical (unpaired) electrons. The maximum atomic E-state index is 10.1. The summed E-state index contributed by atoms with van der Waals surface area (Å²) in [4.78, 5) is 0. The molecule has 1 saturated heterocycles. The summed E-state index contributed by atoms with van der Waals surface area (Å²) in [5.41, 5.74) is -1.54. The van der Waals surface area contributed by atoms with Crippen LogP contribution in [0.4, 0.5) is 0 Å². The second kappa shape index (κ2) is 9.49. The first-order valence-corrected chi connectivity index (χ1v) is 10.7. The van der Waals surface area contributed by atoms with E-state index < -0.39 is 41.4 Å². The summed E-state index contributed by atoms with van der Waals surface area (Å²) < 4.78 is 31.4. The second-order valence-electron chi connectivity index (χ2n) is 12.0. The smallest absolute Gasteiger partial charge is 0.187 e. The Morgan fingerprint density at radius 1 is 0.690 bits per heavy atom. The number of hydrogen-bond donors (Lipinski definition) is 1. The van der Waals surface area contributed by atoms with Crippen LogP contribution in [0.3, 0.4) is 0 Å². The standard InChI is InChI=1S/C23H46O6/c1-20(2,3)25-14-15(13-24)16-17(27-21(4,5)6)18(28-22(7,8)9)19(26-16)29-23(10,11)12/h15-19,24H,13-14H2,1-12H3/t15-,16-,17?,18+,19-/m1/s1. The minimum absolute atomic E-state index is 0.0742. The molecule has 0 amide bonds. The normalized spacial score (nSPS) is 28.0. The van der Waals surface area contributed by atoms with Crippen LogP contribution < -0.4 is 0 Å². The predicted octanol–water partition coefficient (Wildman–Crippen LogP) is 4.32. The van der Waals surface area contributed by atoms with Crippen LogP contribution in [0.2, 0.25) is 0 Å². The number of hydrogen-bond acceptors (Lipinski definition) is 6. The molecular formula is C23H46O6. The van der Waals surface area contributed by atoms with Gasteiger partial charge >= 0.3 is 0 Å². The van der Waals surface area contributed by atoms with Crippen molar-refractivity contribution in [2.75, 3.05) is 13.2 Å². The third kappa shape index (κ3) is 10.1. The third-order valence-corrected chi connectivity index (χ3v) is 4.09. The predicted molar refractivity (Wildman–Crippen MR) is 115 cm³/mol. The van der Waals surface area contributed by atoms with Gasteiger partial charge in [-0.3, -0.25) is 0 Å². The lowest BCUT2D eigenvalue weighted by Crippen LogP contribution is -2.49. The topological polar surface area (TPSA) is 66.4 Å². The molecule has 174 valence electrons. The molecule has 1 heterocycles. The third-order valence-electron chi connectivity index (χ3n) is 4.09. The number of ether oxygens (including phenoxy) is 5. The van der Waals surface area contributed by atoms with E-state index in [9.17, 15) is 5.11 Å². The number of rotatable bonds is 7. The van der Waals surface area contributed by atoms with E-state index in [4.69, 9.17) is 23.7 Å². The molecule has 0 spiro atoms. The molecule has 0 aromatic rings. The highest BCUT2D eigenvalue weighted by atomic mass is 16.7. The highest BCUT2D eigenvalue weighted by Crippen LogP contribution is 2.38. The summed E-state index contributed by atoms with van der Waals surface area (Å²) in [6, 6.07) is 0. The van der Waals surface area contributed by atoms with Gasteiger partial charge in [-0.25, -0.2) is 0 Å². The molecule has 0 bridgehead atoms. The first-order chi connectivity index (χ1) is 12.8. The number of aliphatic hydroxyl groups is 1. The summed E-state index contributed by atoms with van der Waals surface area (Å²) in [6.45, 7) is 24.3. The average Bonchev–Trinajstić information content (AvgIpc) is 2.72. The van der Waals surface area contributed by atoms with Gasteiger partial charge in [0, 0.05) is 5.92 Å². The fourth-order valence-corrected chi connectivity index (χ4v) is 3.16. The van der Waals surface area contributed by atoms with Gasteiger partial charge in [-0.1, -0.05) is 0 Å². The first kappa shape index (κ1) is 26.8. The summed E-state index contributed by atoms with van der Waals surface area (Å²) in [5.74, 6) is -0.263. The van der Waals surface area contributed by atoms with Gasteiger partial charge in [0.25, 0.3) is 0 Å². The van der Waals surface area contributed by atoms with E-state index in [0.717, 1.165) is 0 Å². The van der Waals surface area contributed by atoms with Gasteiger partial charge in [-0.2, -0.15) is 0 Å². The van der Waals surface area contributed by atoms with Crippen LogP contribution in [0.1, 0.15) is 83.1 Å². The quantitative estimate of drug-likeness (QED) is 0.664. The molecule has 1 rings (SSSR count). The van der Waals surface area contributed by atoms with Crippen molar-refractivity contribution in [3.63, 3.8) is 0 Å². The highest BCUT2D eigenvalue weighted by Gasteiger charge is 2.53. The lowest BCUT2D eigenvalue weighted by Gasteiger charge is -2.36. The molecule has 1 aliphatic rings. The van der Waals surface area contributed by atoms with Crippen molar-refractivity contribution in [1.29, 1.82) is 0 Å². The SMILES string of the molecule is CC(C)(C)OC[C@@H](CO)[C@H]1O[C@H](OC(C)(C)C)[C@@H](OC(C)(C)C)C1OC(C)(C)C. The zero-order chi connectivity index (χ0) is 22.8. The molecule has 0 aliphatic carbocycles. The molecule has 6 heteroatoms. The Labute approximate surface area is 178 Å². The molecule has 6 nitrogen and oxygen atoms in total. The molecule has 0 saturated carbocycles. The maximum Gasteiger partial charge on any atom is 0.187 e. The number of aliphatic hydroxyl groups excluding tert-OH is 1. The van der Waals surface area contributed by atoms with E-state index in [0.29, 0.717) is 6.61 Å². The van der Waals surface area contributed by atoms with Crippen molar-refractivity contribution in [3.05, 3.63) is 0 Å². The largest absolute Gasteiger partial charge is 0.396 e. The van der Waals surface area contributed by atoms with E-state index in [2.05, 4.69) is 0 Å². The summed E-state index contributed by atoms with van der Waals surface area (Å²) in [7, 11) is 0. The van der Waals surface area contributed by atoms with Crippen molar-refractivity contribution in [1.82, 2.24) is 0 Å². The zero-order valence-electron chi connectivity index (χ0n) is 20.8. The van der Waals surface area contributed by atoms with Gasteiger partial charge in [-0.05, 0) is 83.1 Å². The first-order valence-electron chi connectivity index (χ1n) is 10.7. The fourth-order valence-electron chi connectivity index (χ4n) is 3.16. The summed E-state index contributed by atoms with van der Waals surface area (Å²) in [6.07, 6.45) is -1.85. The van der Waals surface area contributed by atoms with Crippen LogP contribution in [0.25, 0.3) is 0 Å². The van der Waals surface area contributed by atoms with Gasteiger partial charge in [-0.15, -0.1) is 0 Å². The lowest BCUT2D eigenvalue weighted by atomic mass is 9.96. The summed E-state index contributed by atoms with van der Waals surface area (Å²) in [5, 5.41) is 10.1. The van der Waals surface area contributed by atoms with E-state index in [1.54, 1.807) is 0 Å². The second-order valence-corrected chi connectivity index (χ2v) is 12.0. The van der Waals surface area contributed by atoms with Crippen LogP contribution >= 0.6 is 0 Å². The average molecular weight is 419 g/mol. The van der Waals surface area contributed by atoms with Crippen molar-refractivity contribution < 1.29 is 28.8 Å². The van der Waals surface area contributed by atoms with Crippen LogP contribution in [-0.4, -0.2) is 65.3 Å². The Balaban J connectivity index is 3.24. The summed E-state index contributed by atoms with van der Waals surface area (Å²) >= 11 is 0. The molecule has 5 atom stereocenters. The fraction of sp³-hybridized carbons (Fsp3) is 1.00. The van der Waals surface area contributed by atoms with Crippen LogP contribution in [-0.2, 0) is 23.7 Å². The molecule has 1 aliphatic heterocycles. The molecule has 1 fully saturated rings. The van der Waals surface area contributed by atoms with Crippen LogP contribution in [0, 0.1) is 5.92 Å². The molecular weight excluding hydrogens is 372 g/mol. The van der Waals surface area contributed by atoms with Gasteiger partial charge in [0.2, 0.25) is 0 Å². The van der Waals surface area contributed by atoms with Crippen molar-refractivity contribution in [2.45, 2.75) is 130 Å².